The summed E-state index contributed by atoms with van der Waals surface area (Å²) in [6.07, 6.45) is 1.63. The number of fused-ring (bicyclic) bond motifs is 3. The number of aromatic carboxylic acids is 1. The molecule has 0 bridgehead atoms. The highest BCUT2D eigenvalue weighted by Gasteiger charge is 2.15. The SMILES string of the molecule is Cc1cc(Nc2ncc3c(n2)c(Nc2ccc(F)c(Cl)c2)nc2cc(C(=O)O)ccc23)[nH]n1. The molecular weight excluding hydrogens is 449 g/mol. The van der Waals surface area contributed by atoms with Crippen molar-refractivity contribution in [2.75, 3.05) is 10.6 Å². The summed E-state index contributed by atoms with van der Waals surface area (Å²) in [5.74, 6) is -0.368. The molecule has 0 saturated carbocycles. The first-order chi connectivity index (χ1) is 15.9. The molecular formula is C22H15ClFN7O2. The molecule has 0 radical (unpaired) electrons. The maximum Gasteiger partial charge on any atom is 0.335 e. The minimum atomic E-state index is -1.07. The molecule has 0 amide bonds. The van der Waals surface area contributed by atoms with Crippen molar-refractivity contribution in [1.29, 1.82) is 0 Å². The topological polar surface area (TPSA) is 129 Å². The highest BCUT2D eigenvalue weighted by molar-refractivity contribution is 6.31. The normalized spacial score (nSPS) is 11.1. The molecule has 0 unspecified atom stereocenters. The molecule has 4 N–H and O–H groups in total. The Morgan fingerprint density at radius 2 is 1.94 bits per heavy atom. The van der Waals surface area contributed by atoms with Gasteiger partial charge in [-0.15, -0.1) is 0 Å². The quantitative estimate of drug-likeness (QED) is 0.262. The summed E-state index contributed by atoms with van der Waals surface area (Å²) in [7, 11) is 0. The standard InChI is InChI=1S/C22H15ClFN7O2/c1-10-6-18(31-30-10)28-22-25-9-14-13-4-2-11(21(32)33)7-17(13)27-20(19(14)29-22)26-12-3-5-16(24)15(23)8-12/h2-9H,1H3,(H,26,27)(H,32,33)(H2,25,28,29,30,31). The number of aromatic nitrogens is 5. The van der Waals surface area contributed by atoms with Gasteiger partial charge in [0.1, 0.15) is 17.2 Å². The lowest BCUT2D eigenvalue weighted by atomic mass is 10.1. The molecule has 3 heterocycles. The Morgan fingerprint density at radius 3 is 2.67 bits per heavy atom. The molecule has 0 saturated heterocycles. The van der Waals surface area contributed by atoms with Gasteiger partial charge < -0.3 is 15.7 Å². The Hall–Kier alpha value is -4.31. The van der Waals surface area contributed by atoms with Gasteiger partial charge in [-0.25, -0.2) is 24.1 Å². The van der Waals surface area contributed by atoms with E-state index in [0.717, 1.165) is 5.69 Å². The van der Waals surface area contributed by atoms with Crippen LogP contribution in [0.1, 0.15) is 16.1 Å². The number of pyridine rings is 1. The molecule has 9 nitrogen and oxygen atoms in total. The number of hydrogen-bond acceptors (Lipinski definition) is 7. The fraction of sp³-hybridized carbons (Fsp3) is 0.0455. The summed E-state index contributed by atoms with van der Waals surface area (Å²) in [5.41, 5.74) is 2.29. The van der Waals surface area contributed by atoms with Crippen molar-refractivity contribution in [3.8, 4) is 0 Å². The summed E-state index contributed by atoms with van der Waals surface area (Å²) in [6.45, 7) is 1.85. The predicted molar refractivity (Wildman–Crippen MR) is 123 cm³/mol. The van der Waals surface area contributed by atoms with E-state index in [1.54, 1.807) is 18.3 Å². The molecule has 0 atom stereocenters. The van der Waals surface area contributed by atoms with Gasteiger partial charge in [0.2, 0.25) is 5.95 Å². The molecule has 0 aliphatic rings. The van der Waals surface area contributed by atoms with E-state index in [-0.39, 0.29) is 10.6 Å². The van der Waals surface area contributed by atoms with E-state index in [0.29, 0.717) is 45.1 Å². The first-order valence-electron chi connectivity index (χ1n) is 9.72. The van der Waals surface area contributed by atoms with Gasteiger partial charge in [0.25, 0.3) is 0 Å². The number of nitrogens with zero attached hydrogens (tertiary/aromatic N) is 4. The van der Waals surface area contributed by atoms with Crippen LogP contribution in [0.4, 0.5) is 27.7 Å². The molecule has 0 aliphatic carbocycles. The van der Waals surface area contributed by atoms with Crippen molar-refractivity contribution in [2.45, 2.75) is 6.92 Å². The van der Waals surface area contributed by atoms with Crippen LogP contribution in [0.2, 0.25) is 5.02 Å². The molecule has 0 fully saturated rings. The van der Waals surface area contributed by atoms with Crippen LogP contribution in [-0.2, 0) is 0 Å². The van der Waals surface area contributed by atoms with Gasteiger partial charge in [0.15, 0.2) is 5.82 Å². The number of carbonyl (C=O) groups is 1. The average molecular weight is 464 g/mol. The summed E-state index contributed by atoms with van der Waals surface area (Å²) in [5, 5.41) is 23.7. The van der Waals surface area contributed by atoms with Gasteiger partial charge in [0, 0.05) is 28.7 Å². The molecule has 11 heteroatoms. The molecule has 0 aliphatic heterocycles. The third-order valence-corrected chi connectivity index (χ3v) is 5.20. The Morgan fingerprint density at radius 1 is 1.09 bits per heavy atom. The zero-order chi connectivity index (χ0) is 23.1. The average Bonchev–Trinajstić information content (AvgIpc) is 3.20. The number of benzene rings is 2. The van der Waals surface area contributed by atoms with Crippen LogP contribution in [0.25, 0.3) is 21.8 Å². The lowest BCUT2D eigenvalue weighted by molar-refractivity contribution is 0.0697. The van der Waals surface area contributed by atoms with Gasteiger partial charge in [-0.2, -0.15) is 5.10 Å². The second-order valence-corrected chi connectivity index (χ2v) is 7.66. The molecule has 0 spiro atoms. The van der Waals surface area contributed by atoms with Crippen molar-refractivity contribution in [3.63, 3.8) is 0 Å². The van der Waals surface area contributed by atoms with Crippen LogP contribution in [0.5, 0.6) is 0 Å². The van der Waals surface area contributed by atoms with Crippen molar-refractivity contribution >= 4 is 62.6 Å². The van der Waals surface area contributed by atoms with Crippen LogP contribution >= 0.6 is 11.6 Å². The van der Waals surface area contributed by atoms with Gasteiger partial charge in [-0.1, -0.05) is 17.7 Å². The molecule has 2 aromatic carbocycles. The molecule has 5 aromatic rings. The lowest BCUT2D eigenvalue weighted by Gasteiger charge is -2.13. The molecule has 3 aromatic heterocycles. The summed E-state index contributed by atoms with van der Waals surface area (Å²) in [4.78, 5) is 25.0. The van der Waals surface area contributed by atoms with E-state index in [1.165, 1.54) is 30.3 Å². The Bertz CT molecular complexity index is 1550. The van der Waals surface area contributed by atoms with Crippen LogP contribution in [0, 0.1) is 12.7 Å². The maximum atomic E-state index is 13.6. The second kappa shape index (κ2) is 7.99. The third kappa shape index (κ3) is 3.99. The van der Waals surface area contributed by atoms with Crippen LogP contribution in [-0.4, -0.2) is 36.2 Å². The van der Waals surface area contributed by atoms with Crippen LogP contribution in [0.3, 0.4) is 0 Å². The van der Waals surface area contributed by atoms with E-state index < -0.39 is 11.8 Å². The monoisotopic (exact) mass is 463 g/mol. The van der Waals surface area contributed by atoms with Crippen molar-refractivity contribution < 1.29 is 14.3 Å². The second-order valence-electron chi connectivity index (χ2n) is 7.26. The summed E-state index contributed by atoms with van der Waals surface area (Å²) in [6, 6.07) is 10.6. The highest BCUT2D eigenvalue weighted by atomic mass is 35.5. The smallest absolute Gasteiger partial charge is 0.335 e. The first-order valence-corrected chi connectivity index (χ1v) is 10.1. The highest BCUT2D eigenvalue weighted by Crippen LogP contribution is 2.32. The van der Waals surface area contributed by atoms with E-state index in [4.69, 9.17) is 11.6 Å². The fourth-order valence-corrected chi connectivity index (χ4v) is 3.56. The molecule has 33 heavy (non-hydrogen) atoms. The van der Waals surface area contributed by atoms with Gasteiger partial charge >= 0.3 is 5.97 Å². The maximum absolute atomic E-state index is 13.6. The fourth-order valence-electron chi connectivity index (χ4n) is 3.38. The zero-order valence-electron chi connectivity index (χ0n) is 17.0. The number of aryl methyl sites for hydroxylation is 1. The number of carboxylic acid groups (broad SMARTS) is 1. The molecule has 5 rings (SSSR count). The Balaban J connectivity index is 1.68. The number of aromatic amines is 1. The van der Waals surface area contributed by atoms with Crippen molar-refractivity contribution in [2.24, 2.45) is 0 Å². The lowest BCUT2D eigenvalue weighted by Crippen LogP contribution is -2.03. The summed E-state index contributed by atoms with van der Waals surface area (Å²) >= 11 is 5.92. The minimum absolute atomic E-state index is 0.0511. The summed E-state index contributed by atoms with van der Waals surface area (Å²) < 4.78 is 13.6. The van der Waals surface area contributed by atoms with E-state index in [9.17, 15) is 14.3 Å². The minimum Gasteiger partial charge on any atom is -0.478 e. The molecule has 164 valence electrons. The van der Waals surface area contributed by atoms with E-state index in [2.05, 4.69) is 35.8 Å². The number of carboxylic acids is 1. The number of hydrogen-bond donors (Lipinski definition) is 4. The van der Waals surface area contributed by atoms with Crippen LogP contribution in [0.15, 0.2) is 48.7 Å². The first kappa shape index (κ1) is 20.6. The number of rotatable bonds is 5. The Kier molecular flexibility index (Phi) is 4.98. The number of H-pyrrole nitrogens is 1. The predicted octanol–water partition coefficient (Wildman–Crippen LogP) is 5.19. The largest absolute Gasteiger partial charge is 0.478 e. The Labute approximate surface area is 190 Å². The zero-order valence-corrected chi connectivity index (χ0v) is 17.8. The van der Waals surface area contributed by atoms with Gasteiger partial charge in [-0.05, 0) is 37.3 Å². The number of anilines is 4. The van der Waals surface area contributed by atoms with Gasteiger partial charge in [-0.3, -0.25) is 5.10 Å². The van der Waals surface area contributed by atoms with E-state index in [1.807, 2.05) is 6.92 Å². The third-order valence-electron chi connectivity index (χ3n) is 4.91. The number of nitrogens with one attached hydrogen (secondary N) is 3. The van der Waals surface area contributed by atoms with E-state index >= 15 is 0 Å². The number of halogens is 2. The van der Waals surface area contributed by atoms with Crippen LogP contribution < -0.4 is 10.6 Å². The van der Waals surface area contributed by atoms with Gasteiger partial charge in [0.05, 0.1) is 21.8 Å². The van der Waals surface area contributed by atoms with Crippen molar-refractivity contribution in [1.82, 2.24) is 25.1 Å². The van der Waals surface area contributed by atoms with Crippen molar-refractivity contribution in [3.05, 3.63) is 70.8 Å².